The third-order valence-electron chi connectivity index (χ3n) is 2.42. The van der Waals surface area contributed by atoms with Crippen LogP contribution in [0, 0.1) is 0 Å². The summed E-state index contributed by atoms with van der Waals surface area (Å²) in [5.74, 6) is 0.392. The second kappa shape index (κ2) is 9.27. The van der Waals surface area contributed by atoms with E-state index in [2.05, 4.69) is 19.2 Å². The van der Waals surface area contributed by atoms with E-state index in [1.54, 1.807) is 0 Å². The summed E-state index contributed by atoms with van der Waals surface area (Å²) in [4.78, 5) is 0. The number of hydrogen-bond donors (Lipinski definition) is 2. The summed E-state index contributed by atoms with van der Waals surface area (Å²) >= 11 is 0. The van der Waals surface area contributed by atoms with Crippen LogP contribution in [0.3, 0.4) is 0 Å². The largest absolute Gasteiger partial charge is 0.319 e. The molecule has 1 unspecified atom stereocenters. The first-order valence-corrected chi connectivity index (χ1v) is 8.79. The quantitative estimate of drug-likeness (QED) is 0.362. The van der Waals surface area contributed by atoms with Crippen LogP contribution in [0.25, 0.3) is 0 Å². The van der Waals surface area contributed by atoms with Crippen LogP contribution in [-0.2, 0) is 9.15 Å². The van der Waals surface area contributed by atoms with E-state index >= 15 is 0 Å². The molecule has 98 valence electrons. The Labute approximate surface area is 103 Å². The van der Waals surface area contributed by atoms with Crippen LogP contribution < -0.4 is 5.32 Å². The molecule has 0 amide bonds. The molecule has 0 aliphatic heterocycles. The zero-order valence-corrected chi connectivity index (χ0v) is 11.7. The van der Waals surface area contributed by atoms with Crippen LogP contribution in [0.5, 0.6) is 0 Å². The minimum absolute atomic E-state index is 0.392. The fraction of sp³-hybridized carbons (Fsp3) is 1.00. The Balaban J connectivity index is 3.55. The van der Waals surface area contributed by atoms with Gasteiger partial charge in [-0.05, 0) is 23.6 Å². The average Bonchev–Trinajstić information content (AvgIpc) is 2.20. The molecule has 0 heterocycles. The molecule has 0 rings (SSSR count). The van der Waals surface area contributed by atoms with Crippen molar-refractivity contribution in [1.82, 2.24) is 5.32 Å². The first-order chi connectivity index (χ1) is 7.49. The van der Waals surface area contributed by atoms with E-state index < -0.39 is 9.15 Å². The lowest BCUT2D eigenvalue weighted by Crippen LogP contribution is -2.30. The molecule has 16 heavy (non-hydrogen) atoms. The van der Waals surface area contributed by atoms with Crippen LogP contribution >= 0.6 is 10.8 Å². The molecule has 0 fully saturated rings. The predicted molar refractivity (Wildman–Crippen MR) is 70.2 cm³/mol. The van der Waals surface area contributed by atoms with Gasteiger partial charge in [-0.25, -0.2) is 0 Å². The van der Waals surface area contributed by atoms with E-state index in [1.807, 2.05) is 0 Å². The van der Waals surface area contributed by atoms with Gasteiger partial charge in [-0.2, -0.15) is 8.42 Å². The third-order valence-corrected chi connectivity index (χ3v) is 4.48. The Kier molecular flexibility index (Phi) is 9.40. The van der Waals surface area contributed by atoms with Gasteiger partial charge >= 0.3 is 9.15 Å². The monoisotopic (exact) mass is 269 g/mol. The maximum atomic E-state index is 10.4. The van der Waals surface area contributed by atoms with E-state index in [1.165, 1.54) is 19.3 Å². The van der Waals surface area contributed by atoms with E-state index in [4.69, 9.17) is 4.55 Å². The fourth-order valence-electron chi connectivity index (χ4n) is 1.50. The first kappa shape index (κ1) is 16.2. The summed E-state index contributed by atoms with van der Waals surface area (Å²) < 4.78 is 29.4. The number of unbranched alkanes of at least 4 members (excludes halogenated alkanes) is 2. The lowest BCUT2D eigenvalue weighted by Gasteiger charge is -2.16. The number of nitrogens with one attached hydrogen (secondary N) is 1. The van der Waals surface area contributed by atoms with Gasteiger partial charge in [-0.15, -0.1) is 0 Å². The minimum atomic E-state index is -3.87. The van der Waals surface area contributed by atoms with E-state index in [-0.39, 0.29) is 0 Å². The molecule has 0 radical (unpaired) electrons. The predicted octanol–water partition coefficient (Wildman–Crippen LogP) is 2.47. The summed E-state index contributed by atoms with van der Waals surface area (Å²) in [6.45, 7) is 4.92. The van der Waals surface area contributed by atoms with Gasteiger partial charge in [0.15, 0.2) is 0 Å². The molecule has 4 nitrogen and oxygen atoms in total. The van der Waals surface area contributed by atoms with Crippen molar-refractivity contribution >= 4 is 19.9 Å². The second-order valence-corrected chi connectivity index (χ2v) is 7.28. The fourth-order valence-corrected chi connectivity index (χ4v) is 2.79. The Bertz CT molecular complexity index is 255. The van der Waals surface area contributed by atoms with Crippen molar-refractivity contribution in [3.05, 3.63) is 0 Å². The van der Waals surface area contributed by atoms with Gasteiger partial charge in [0.1, 0.15) is 0 Å². The summed E-state index contributed by atoms with van der Waals surface area (Å²) in [7, 11) is -3.29. The lowest BCUT2D eigenvalue weighted by molar-refractivity contribution is 0.459. The first-order valence-electron chi connectivity index (χ1n) is 5.84. The van der Waals surface area contributed by atoms with Crippen molar-refractivity contribution in [3.63, 3.8) is 0 Å². The van der Waals surface area contributed by atoms with Crippen LogP contribution in [0.1, 0.15) is 46.0 Å². The highest BCUT2D eigenvalue weighted by Crippen LogP contribution is 2.09. The van der Waals surface area contributed by atoms with Gasteiger partial charge < -0.3 is 5.32 Å². The van der Waals surface area contributed by atoms with E-state index in [0.717, 1.165) is 12.8 Å². The highest BCUT2D eigenvalue weighted by molar-refractivity contribution is 8.69. The normalized spacial score (nSPS) is 13.9. The molecule has 6 heteroatoms. The summed E-state index contributed by atoms with van der Waals surface area (Å²) in [6.07, 6.45) is 5.88. The number of rotatable bonds is 10. The van der Waals surface area contributed by atoms with Crippen molar-refractivity contribution in [2.75, 3.05) is 12.3 Å². The highest BCUT2D eigenvalue weighted by atomic mass is 33.1. The zero-order chi connectivity index (χ0) is 12.4. The molecule has 0 saturated heterocycles. The zero-order valence-electron chi connectivity index (χ0n) is 10.1. The highest BCUT2D eigenvalue weighted by Gasteiger charge is 2.07. The molecule has 0 saturated carbocycles. The lowest BCUT2D eigenvalue weighted by atomic mass is 10.1. The molecule has 2 N–H and O–H groups in total. The van der Waals surface area contributed by atoms with Crippen LogP contribution in [-0.4, -0.2) is 31.3 Å². The van der Waals surface area contributed by atoms with Crippen molar-refractivity contribution in [2.45, 2.75) is 52.0 Å². The van der Waals surface area contributed by atoms with Crippen molar-refractivity contribution in [2.24, 2.45) is 0 Å². The van der Waals surface area contributed by atoms with Crippen LogP contribution in [0.2, 0.25) is 0 Å². The average molecular weight is 269 g/mol. The third kappa shape index (κ3) is 10.7. The Hall–Kier alpha value is 0.220. The molecule has 1 atom stereocenters. The maximum Gasteiger partial charge on any atom is 0.319 e. The SMILES string of the molecule is CCCCCC(CC)NCCSS(=O)(=O)O. The Morgan fingerprint density at radius 1 is 1.31 bits per heavy atom. The van der Waals surface area contributed by atoms with Gasteiger partial charge in [0, 0.05) is 18.3 Å². The maximum absolute atomic E-state index is 10.4. The van der Waals surface area contributed by atoms with Crippen molar-refractivity contribution in [3.8, 4) is 0 Å². The molecule has 0 aliphatic rings. The summed E-state index contributed by atoms with van der Waals surface area (Å²) in [5.41, 5.74) is 0. The van der Waals surface area contributed by atoms with Crippen molar-refractivity contribution in [1.29, 1.82) is 0 Å². The Morgan fingerprint density at radius 2 is 2.00 bits per heavy atom. The Morgan fingerprint density at radius 3 is 2.50 bits per heavy atom. The summed E-state index contributed by atoms with van der Waals surface area (Å²) in [6, 6.07) is 0.466. The molecule has 0 aromatic carbocycles. The van der Waals surface area contributed by atoms with Crippen LogP contribution in [0.15, 0.2) is 0 Å². The molecule has 0 bridgehead atoms. The molecule has 0 aliphatic carbocycles. The van der Waals surface area contributed by atoms with E-state index in [0.29, 0.717) is 29.1 Å². The van der Waals surface area contributed by atoms with Gasteiger partial charge in [0.05, 0.1) is 0 Å². The molecular weight excluding hydrogens is 246 g/mol. The van der Waals surface area contributed by atoms with Gasteiger partial charge in [0.25, 0.3) is 0 Å². The topological polar surface area (TPSA) is 66.4 Å². The van der Waals surface area contributed by atoms with Gasteiger partial charge in [-0.1, -0.05) is 33.1 Å². The standard InChI is InChI=1S/C10H23NO3S2/c1-3-5-6-7-10(4-2)11-8-9-15-16(12,13)14/h10-11H,3-9H2,1-2H3,(H,12,13,14). The molecule has 0 aromatic rings. The molecular formula is C10H23NO3S2. The van der Waals surface area contributed by atoms with Gasteiger partial charge in [-0.3, -0.25) is 4.55 Å². The minimum Gasteiger partial charge on any atom is -0.313 e. The van der Waals surface area contributed by atoms with Crippen molar-refractivity contribution < 1.29 is 13.0 Å². The molecule has 0 spiro atoms. The van der Waals surface area contributed by atoms with Crippen LogP contribution in [0.4, 0.5) is 0 Å². The second-order valence-electron chi connectivity index (χ2n) is 3.80. The number of hydrogen-bond acceptors (Lipinski definition) is 4. The smallest absolute Gasteiger partial charge is 0.313 e. The summed E-state index contributed by atoms with van der Waals surface area (Å²) in [5, 5.41) is 3.30. The molecule has 0 aromatic heterocycles. The van der Waals surface area contributed by atoms with E-state index in [9.17, 15) is 8.42 Å². The van der Waals surface area contributed by atoms with Gasteiger partial charge in [0.2, 0.25) is 0 Å².